The highest BCUT2D eigenvalue weighted by Gasteiger charge is 2.40. The van der Waals surface area contributed by atoms with Crippen molar-refractivity contribution in [2.45, 2.75) is 78.1 Å². The van der Waals surface area contributed by atoms with Crippen molar-refractivity contribution >= 4 is 23.4 Å². The molecule has 0 unspecified atom stereocenters. The lowest BCUT2D eigenvalue weighted by atomic mass is 9.67. The lowest BCUT2D eigenvalue weighted by Crippen LogP contribution is -2.49. The Bertz CT molecular complexity index is 1870. The van der Waals surface area contributed by atoms with Gasteiger partial charge >= 0.3 is 0 Å². The van der Waals surface area contributed by atoms with Gasteiger partial charge in [-0.15, -0.1) is 0 Å². The topological polar surface area (TPSA) is 127 Å². The van der Waals surface area contributed by atoms with Crippen LogP contribution >= 0.6 is 0 Å². The van der Waals surface area contributed by atoms with E-state index in [4.69, 9.17) is 11.5 Å². The van der Waals surface area contributed by atoms with E-state index in [0.717, 1.165) is 65.0 Å². The predicted molar refractivity (Wildman–Crippen MR) is 234 cm³/mol. The molecule has 0 spiro atoms. The van der Waals surface area contributed by atoms with Crippen LogP contribution in [0.5, 0.6) is 0 Å². The number of hydrogen-bond donors (Lipinski definition) is 2. The number of likely N-dealkylation sites (tertiary alicyclic amines) is 2. The molecule has 58 heavy (non-hydrogen) atoms. The van der Waals surface area contributed by atoms with Crippen LogP contribution in [0, 0.1) is 23.7 Å². The quantitative estimate of drug-likeness (QED) is 0.135. The summed E-state index contributed by atoms with van der Waals surface area (Å²) in [5.41, 5.74) is 16.9. The second-order valence-corrected chi connectivity index (χ2v) is 17.5. The number of hydrogen-bond acceptors (Lipinski definition) is 6. The zero-order valence-electron chi connectivity index (χ0n) is 35.5. The average Bonchev–Trinajstić information content (AvgIpc) is 3.21. The third kappa shape index (κ3) is 11.2. The van der Waals surface area contributed by atoms with E-state index in [0.29, 0.717) is 23.0 Å². The molecule has 4 aromatic rings. The molecule has 8 heteroatoms. The summed E-state index contributed by atoms with van der Waals surface area (Å²) in [5.74, 6) is 0.594. The number of nitrogens with zero attached hydrogens (tertiary/aromatic N) is 2. The lowest BCUT2D eigenvalue weighted by molar-refractivity contribution is -0.122. The molecular weight excluding hydrogens is 721 g/mol. The highest BCUT2D eigenvalue weighted by molar-refractivity contribution is 5.93. The Morgan fingerprint density at radius 1 is 0.586 bits per heavy atom. The first-order chi connectivity index (χ1) is 27.6. The van der Waals surface area contributed by atoms with Gasteiger partial charge in [-0.1, -0.05) is 113 Å². The van der Waals surface area contributed by atoms with Crippen LogP contribution in [-0.4, -0.2) is 72.4 Å². The van der Waals surface area contributed by atoms with Crippen LogP contribution in [0.4, 0.5) is 0 Å². The first-order valence-corrected chi connectivity index (χ1v) is 20.9. The van der Waals surface area contributed by atoms with Crippen LogP contribution in [0.3, 0.4) is 0 Å². The number of ketones is 2. The Kier molecular flexibility index (Phi) is 15.0. The minimum Gasteiger partial charge on any atom is -0.366 e. The van der Waals surface area contributed by atoms with Gasteiger partial charge in [0.05, 0.1) is 0 Å². The maximum absolute atomic E-state index is 12.3. The molecule has 2 saturated heterocycles. The van der Waals surface area contributed by atoms with Crippen LogP contribution in [0.1, 0.15) is 97.4 Å². The van der Waals surface area contributed by atoms with Gasteiger partial charge in [-0.3, -0.25) is 19.2 Å². The van der Waals surface area contributed by atoms with Crippen molar-refractivity contribution in [3.05, 3.63) is 143 Å². The van der Waals surface area contributed by atoms with Crippen molar-refractivity contribution < 1.29 is 19.2 Å². The second kappa shape index (κ2) is 19.7. The van der Waals surface area contributed by atoms with Gasteiger partial charge < -0.3 is 21.3 Å². The smallest absolute Gasteiger partial charge is 0.248 e. The van der Waals surface area contributed by atoms with Gasteiger partial charge in [-0.25, -0.2) is 0 Å². The largest absolute Gasteiger partial charge is 0.366 e. The third-order valence-corrected chi connectivity index (χ3v) is 13.5. The van der Waals surface area contributed by atoms with Gasteiger partial charge in [-0.05, 0) is 122 Å². The third-order valence-electron chi connectivity index (χ3n) is 13.5. The standard InChI is InChI=1S/2C25H32N2O2/c2*1-18-16-27(17-22(19(2)28)14-20-8-5-4-6-9-20)13-12-25(18,3)23-11-7-10-21(15-23)24(26)29/h2*4-11,15,18,22H,12-14,16-17H2,1-3H3,(H2,26,29)/t2*18-,22-,25+/m00/s1. The van der Waals surface area contributed by atoms with Crippen LogP contribution in [0.15, 0.2) is 109 Å². The number of carbonyl (C=O) groups is 4. The summed E-state index contributed by atoms with van der Waals surface area (Å²) in [6.07, 6.45) is 3.57. The molecule has 2 heterocycles. The summed E-state index contributed by atoms with van der Waals surface area (Å²) in [5, 5.41) is 0. The SMILES string of the molecule is CC(=O)[C@@H](Cc1ccccc1)CN1CC[C@@](C)(c2cccc(C(N)=O)c2)[C@@H](C)C1.CC(=O)[C@@H](Cc1ccccc1)CN1CC[C@@](C)(c2cccc(C(N)=O)c2)[C@@H](C)C1. The number of primary amides is 2. The number of Topliss-reactive ketones (excluding diaryl/α,β-unsaturated/α-hetero) is 2. The molecule has 2 fully saturated rings. The summed E-state index contributed by atoms with van der Waals surface area (Å²) >= 11 is 0. The van der Waals surface area contributed by atoms with Crippen LogP contribution in [-0.2, 0) is 33.3 Å². The average molecular weight is 785 g/mol. The van der Waals surface area contributed by atoms with Crippen LogP contribution in [0.2, 0.25) is 0 Å². The van der Waals surface area contributed by atoms with Gasteiger partial charge in [-0.2, -0.15) is 0 Å². The van der Waals surface area contributed by atoms with Gasteiger partial charge in [0.15, 0.2) is 0 Å². The fourth-order valence-corrected chi connectivity index (χ4v) is 8.97. The van der Waals surface area contributed by atoms with E-state index < -0.39 is 0 Å². The maximum Gasteiger partial charge on any atom is 0.248 e. The summed E-state index contributed by atoms with van der Waals surface area (Å²) in [6, 6.07) is 36.0. The Morgan fingerprint density at radius 3 is 1.26 bits per heavy atom. The molecule has 0 aromatic heterocycles. The molecule has 0 saturated carbocycles. The van der Waals surface area contributed by atoms with E-state index in [1.54, 1.807) is 26.0 Å². The Morgan fingerprint density at radius 2 is 0.948 bits per heavy atom. The van der Waals surface area contributed by atoms with Gasteiger partial charge in [0.1, 0.15) is 11.6 Å². The van der Waals surface area contributed by atoms with Crippen LogP contribution in [0.25, 0.3) is 0 Å². The highest BCUT2D eigenvalue weighted by atomic mass is 16.1. The Balaban J connectivity index is 0.000000221. The van der Waals surface area contributed by atoms with Crippen molar-refractivity contribution in [2.24, 2.45) is 35.1 Å². The minimum atomic E-state index is -0.384. The zero-order chi connectivity index (χ0) is 42.0. The summed E-state index contributed by atoms with van der Waals surface area (Å²) in [7, 11) is 0. The van der Waals surface area contributed by atoms with E-state index in [9.17, 15) is 19.2 Å². The van der Waals surface area contributed by atoms with Gasteiger partial charge in [0.2, 0.25) is 11.8 Å². The van der Waals surface area contributed by atoms with E-state index >= 15 is 0 Å². The molecule has 0 aliphatic carbocycles. The molecule has 8 nitrogen and oxygen atoms in total. The van der Waals surface area contributed by atoms with Crippen LogP contribution < -0.4 is 11.5 Å². The van der Waals surface area contributed by atoms with Gasteiger partial charge in [0, 0.05) is 49.1 Å². The molecule has 4 N–H and O–H groups in total. The van der Waals surface area contributed by atoms with E-state index in [1.165, 1.54) is 22.3 Å². The molecule has 0 bridgehead atoms. The summed E-state index contributed by atoms with van der Waals surface area (Å²) in [4.78, 5) is 52.6. The van der Waals surface area contributed by atoms with E-state index in [-0.39, 0.29) is 46.0 Å². The normalized spacial score (nSPS) is 23.5. The summed E-state index contributed by atoms with van der Waals surface area (Å²) < 4.78 is 0. The number of piperidine rings is 2. The molecule has 2 amide bonds. The molecule has 308 valence electrons. The fourth-order valence-electron chi connectivity index (χ4n) is 8.97. The molecule has 2 aliphatic rings. The molecule has 6 rings (SSSR count). The minimum absolute atomic E-state index is 0.00684. The molecule has 6 atom stereocenters. The number of nitrogens with two attached hydrogens (primary N) is 2. The monoisotopic (exact) mass is 784 g/mol. The first-order valence-electron chi connectivity index (χ1n) is 20.9. The molecular formula is C50H64N4O4. The van der Waals surface area contributed by atoms with E-state index in [1.807, 2.05) is 60.7 Å². The lowest BCUT2D eigenvalue weighted by Gasteiger charge is -2.46. The van der Waals surface area contributed by atoms with Crippen molar-refractivity contribution in [2.75, 3.05) is 39.3 Å². The summed E-state index contributed by atoms with van der Waals surface area (Å²) in [6.45, 7) is 17.9. The van der Waals surface area contributed by atoms with Gasteiger partial charge in [0.25, 0.3) is 0 Å². The number of benzene rings is 4. The second-order valence-electron chi connectivity index (χ2n) is 17.5. The fraction of sp³-hybridized carbons (Fsp3) is 0.440. The zero-order valence-corrected chi connectivity index (χ0v) is 35.5. The number of carbonyl (C=O) groups excluding carboxylic acids is 4. The van der Waals surface area contributed by atoms with Crippen molar-refractivity contribution in [1.29, 1.82) is 0 Å². The highest BCUT2D eigenvalue weighted by Crippen LogP contribution is 2.41. The van der Waals surface area contributed by atoms with E-state index in [2.05, 4.69) is 73.9 Å². The molecule has 2 aliphatic heterocycles. The molecule has 4 aromatic carbocycles. The Hall–Kier alpha value is -4.92. The number of rotatable bonds is 14. The maximum atomic E-state index is 12.3. The van der Waals surface area contributed by atoms with Crippen molar-refractivity contribution in [3.8, 4) is 0 Å². The molecule has 0 radical (unpaired) electrons. The Labute approximate surface area is 346 Å². The van der Waals surface area contributed by atoms with Crippen molar-refractivity contribution in [1.82, 2.24) is 9.80 Å². The first kappa shape index (κ1) is 44.2. The predicted octanol–water partition coefficient (Wildman–Crippen LogP) is 7.67. The number of amides is 2. The van der Waals surface area contributed by atoms with Crippen molar-refractivity contribution in [3.63, 3.8) is 0 Å².